The lowest BCUT2D eigenvalue weighted by molar-refractivity contribution is 1.76. The van der Waals surface area contributed by atoms with Gasteiger partial charge in [0.15, 0.2) is 0 Å². The van der Waals surface area contributed by atoms with Gasteiger partial charge in [0, 0.05) is 10.2 Å². The van der Waals surface area contributed by atoms with Crippen molar-refractivity contribution >= 4 is 50.2 Å². The molecular formula is C6H5Cl3Si. The third-order valence-electron chi connectivity index (χ3n) is 1.13. The number of rotatable bonds is 0. The predicted molar refractivity (Wildman–Crippen MR) is 51.0 cm³/mol. The summed E-state index contributed by atoms with van der Waals surface area (Å²) in [6.07, 6.45) is 0. The van der Waals surface area contributed by atoms with E-state index in [0.29, 0.717) is 15.1 Å². The molecule has 0 aliphatic rings. The fraction of sp³-hybridized carbons (Fsp3) is 0. The van der Waals surface area contributed by atoms with Gasteiger partial charge in [-0.1, -0.05) is 40.0 Å². The molecule has 0 aromatic heterocycles. The molecule has 0 saturated heterocycles. The van der Waals surface area contributed by atoms with Crippen LogP contribution in [0.25, 0.3) is 0 Å². The van der Waals surface area contributed by atoms with Crippen molar-refractivity contribution in [3.63, 3.8) is 0 Å². The van der Waals surface area contributed by atoms with Crippen molar-refractivity contribution in [2.45, 2.75) is 0 Å². The van der Waals surface area contributed by atoms with E-state index in [-0.39, 0.29) is 0 Å². The first-order chi connectivity index (χ1) is 4.61. The minimum Gasteiger partial charge on any atom is -0.0827 e. The van der Waals surface area contributed by atoms with E-state index >= 15 is 0 Å². The van der Waals surface area contributed by atoms with E-state index in [1.807, 2.05) is 12.1 Å². The van der Waals surface area contributed by atoms with Crippen LogP contribution in [0.4, 0.5) is 0 Å². The van der Waals surface area contributed by atoms with Crippen LogP contribution in [0.5, 0.6) is 0 Å². The molecule has 0 amide bonds. The Morgan fingerprint density at radius 3 is 1.80 bits per heavy atom. The maximum absolute atomic E-state index is 5.73. The second kappa shape index (κ2) is 3.14. The van der Waals surface area contributed by atoms with Gasteiger partial charge in [0.2, 0.25) is 0 Å². The highest BCUT2D eigenvalue weighted by Gasteiger charge is 2.02. The van der Waals surface area contributed by atoms with Crippen molar-refractivity contribution in [2.75, 3.05) is 0 Å². The Bertz CT molecular complexity index is 236. The van der Waals surface area contributed by atoms with Gasteiger partial charge >= 0.3 is 0 Å². The Hall–Kier alpha value is 0.307. The summed E-state index contributed by atoms with van der Waals surface area (Å²) in [4.78, 5) is 0. The van der Waals surface area contributed by atoms with Crippen LogP contribution in [0, 0.1) is 0 Å². The van der Waals surface area contributed by atoms with Gasteiger partial charge in [0.05, 0.1) is 15.1 Å². The average molecular weight is 212 g/mol. The van der Waals surface area contributed by atoms with Crippen molar-refractivity contribution in [3.8, 4) is 0 Å². The van der Waals surface area contributed by atoms with E-state index < -0.39 is 0 Å². The zero-order chi connectivity index (χ0) is 7.72. The second-order valence-electron chi connectivity index (χ2n) is 2.04. The first-order valence-electron chi connectivity index (χ1n) is 2.72. The number of halogens is 3. The summed E-state index contributed by atoms with van der Waals surface area (Å²) in [5.74, 6) is 0. The molecule has 10 heavy (non-hydrogen) atoms. The molecule has 0 spiro atoms. The van der Waals surface area contributed by atoms with E-state index in [1.54, 1.807) is 0 Å². The number of benzene rings is 1. The van der Waals surface area contributed by atoms with Crippen molar-refractivity contribution < 1.29 is 0 Å². The molecular weight excluding hydrogens is 207 g/mol. The SMILES string of the molecule is [SiH3]c1cc(Cl)c(Cl)c(Cl)c1. The standard InChI is InChI=1S/C6H5Cl3Si/c7-4-1-3(10)2-5(8)6(4)9/h1-2H,10H3. The van der Waals surface area contributed by atoms with Crippen LogP contribution in [0.15, 0.2) is 12.1 Å². The summed E-state index contributed by atoms with van der Waals surface area (Å²) in [5, 5.41) is 2.68. The number of hydrogen-bond acceptors (Lipinski definition) is 0. The molecule has 0 unspecified atom stereocenters. The van der Waals surface area contributed by atoms with E-state index in [1.165, 1.54) is 0 Å². The summed E-state index contributed by atoms with van der Waals surface area (Å²) < 4.78 is 0. The molecule has 0 radical (unpaired) electrons. The molecule has 0 atom stereocenters. The topological polar surface area (TPSA) is 0 Å². The van der Waals surface area contributed by atoms with Crippen LogP contribution in [0.3, 0.4) is 0 Å². The quantitative estimate of drug-likeness (QED) is 0.452. The Morgan fingerprint density at radius 1 is 1.00 bits per heavy atom. The van der Waals surface area contributed by atoms with Gasteiger partial charge < -0.3 is 0 Å². The summed E-state index contributed by atoms with van der Waals surface area (Å²) in [7, 11) is 0.941. The highest BCUT2D eigenvalue weighted by Crippen LogP contribution is 2.27. The van der Waals surface area contributed by atoms with Gasteiger partial charge in [-0.05, 0) is 12.1 Å². The second-order valence-corrected chi connectivity index (χ2v) is 4.39. The molecule has 0 aliphatic carbocycles. The Morgan fingerprint density at radius 2 is 1.40 bits per heavy atom. The van der Waals surface area contributed by atoms with E-state index in [9.17, 15) is 0 Å². The minimum absolute atomic E-state index is 0.447. The molecule has 0 saturated carbocycles. The monoisotopic (exact) mass is 210 g/mol. The van der Waals surface area contributed by atoms with Gasteiger partial charge in [-0.25, -0.2) is 0 Å². The summed E-state index contributed by atoms with van der Waals surface area (Å²) in [5.41, 5.74) is 0. The largest absolute Gasteiger partial charge is 0.0827 e. The van der Waals surface area contributed by atoms with Gasteiger partial charge in [-0.3, -0.25) is 0 Å². The van der Waals surface area contributed by atoms with Gasteiger partial charge in [0.1, 0.15) is 0 Å². The molecule has 54 valence electrons. The smallest absolute Gasteiger partial charge is 0.0778 e. The number of hydrogen-bond donors (Lipinski definition) is 0. The third kappa shape index (κ3) is 1.67. The summed E-state index contributed by atoms with van der Waals surface area (Å²) >= 11 is 17.2. The molecule has 0 aliphatic heterocycles. The first kappa shape index (κ1) is 8.40. The molecule has 0 fully saturated rings. The lowest BCUT2D eigenvalue weighted by Crippen LogP contribution is -2.00. The van der Waals surface area contributed by atoms with Crippen molar-refractivity contribution in [2.24, 2.45) is 0 Å². The summed E-state index contributed by atoms with van der Waals surface area (Å²) in [6.45, 7) is 0. The Kier molecular flexibility index (Phi) is 2.64. The highest BCUT2D eigenvalue weighted by atomic mass is 35.5. The van der Waals surface area contributed by atoms with Crippen molar-refractivity contribution in [1.82, 2.24) is 0 Å². The maximum atomic E-state index is 5.73. The fourth-order valence-electron chi connectivity index (χ4n) is 0.682. The van der Waals surface area contributed by atoms with Crippen LogP contribution in [0.1, 0.15) is 0 Å². The van der Waals surface area contributed by atoms with Crippen LogP contribution >= 0.6 is 34.8 Å². The van der Waals surface area contributed by atoms with Gasteiger partial charge in [-0.2, -0.15) is 0 Å². The molecule has 1 rings (SSSR count). The van der Waals surface area contributed by atoms with Crippen LogP contribution < -0.4 is 5.19 Å². The lowest BCUT2D eigenvalue weighted by Gasteiger charge is -1.99. The molecule has 0 N–H and O–H groups in total. The van der Waals surface area contributed by atoms with E-state index in [4.69, 9.17) is 34.8 Å². The third-order valence-corrected chi connectivity index (χ3v) is 2.90. The van der Waals surface area contributed by atoms with Crippen LogP contribution in [0.2, 0.25) is 15.1 Å². The van der Waals surface area contributed by atoms with Gasteiger partial charge in [-0.15, -0.1) is 0 Å². The highest BCUT2D eigenvalue weighted by molar-refractivity contribution is 6.49. The Balaban J connectivity index is 3.31. The lowest BCUT2D eigenvalue weighted by atomic mass is 10.3. The fourth-order valence-corrected chi connectivity index (χ4v) is 2.33. The van der Waals surface area contributed by atoms with Crippen LogP contribution in [-0.4, -0.2) is 10.2 Å². The Labute approximate surface area is 77.5 Å². The van der Waals surface area contributed by atoms with Crippen LogP contribution in [-0.2, 0) is 0 Å². The predicted octanol–water partition coefficient (Wildman–Crippen LogP) is 1.64. The zero-order valence-corrected chi connectivity index (χ0v) is 9.56. The minimum atomic E-state index is 0.447. The molecule has 0 bridgehead atoms. The maximum Gasteiger partial charge on any atom is 0.0778 e. The normalized spacial score (nSPS) is 10.3. The molecule has 1 aromatic rings. The van der Waals surface area contributed by atoms with Gasteiger partial charge in [0.25, 0.3) is 0 Å². The van der Waals surface area contributed by atoms with E-state index in [2.05, 4.69) is 0 Å². The van der Waals surface area contributed by atoms with Crippen molar-refractivity contribution in [1.29, 1.82) is 0 Å². The molecule has 1 aromatic carbocycles. The molecule has 4 heteroatoms. The van der Waals surface area contributed by atoms with Crippen molar-refractivity contribution in [3.05, 3.63) is 27.2 Å². The van der Waals surface area contributed by atoms with E-state index in [0.717, 1.165) is 15.4 Å². The summed E-state index contributed by atoms with van der Waals surface area (Å²) in [6, 6.07) is 3.67. The zero-order valence-electron chi connectivity index (χ0n) is 5.29. The molecule has 0 heterocycles. The average Bonchev–Trinajstić information content (AvgIpc) is 1.82. The molecule has 0 nitrogen and oxygen atoms in total. The first-order valence-corrected chi connectivity index (χ1v) is 4.86.